The van der Waals surface area contributed by atoms with Crippen molar-refractivity contribution in [3.8, 4) is 0 Å². The summed E-state index contributed by atoms with van der Waals surface area (Å²) in [5, 5.41) is 20.0. The van der Waals surface area contributed by atoms with E-state index in [0.717, 1.165) is 38.5 Å². The lowest BCUT2D eigenvalue weighted by atomic mass is 9.87. The van der Waals surface area contributed by atoms with Gasteiger partial charge in [0.1, 0.15) is 0 Å². The predicted molar refractivity (Wildman–Crippen MR) is 78.4 cm³/mol. The summed E-state index contributed by atoms with van der Waals surface area (Å²) in [5.41, 5.74) is 0. The van der Waals surface area contributed by atoms with Crippen molar-refractivity contribution in [2.24, 2.45) is 11.8 Å². The van der Waals surface area contributed by atoms with Crippen LogP contribution in [0.2, 0.25) is 0 Å². The highest BCUT2D eigenvalue weighted by atomic mass is 16.3. The Labute approximate surface area is 112 Å². The highest BCUT2D eigenvalue weighted by Crippen LogP contribution is 2.23. The van der Waals surface area contributed by atoms with Crippen LogP contribution in [0.15, 0.2) is 25.3 Å². The molecule has 0 aromatic heterocycles. The second kappa shape index (κ2) is 10.3. The molecule has 0 fully saturated rings. The molecule has 0 unspecified atom stereocenters. The zero-order valence-electron chi connectivity index (χ0n) is 12.0. The van der Waals surface area contributed by atoms with Crippen LogP contribution < -0.4 is 0 Å². The molecular formula is C16H30O2. The fourth-order valence-electron chi connectivity index (χ4n) is 2.34. The summed E-state index contributed by atoms with van der Waals surface area (Å²) in [6.07, 6.45) is 8.38. The van der Waals surface area contributed by atoms with Crippen LogP contribution in [0.1, 0.15) is 52.4 Å². The van der Waals surface area contributed by atoms with Crippen LogP contribution in [0, 0.1) is 11.8 Å². The van der Waals surface area contributed by atoms with Gasteiger partial charge in [0.05, 0.1) is 12.2 Å². The van der Waals surface area contributed by atoms with Crippen LogP contribution in [0.5, 0.6) is 0 Å². The molecule has 0 saturated carbocycles. The Bertz CT molecular complexity index is 201. The van der Waals surface area contributed by atoms with Gasteiger partial charge in [0.15, 0.2) is 0 Å². The van der Waals surface area contributed by atoms with Crippen molar-refractivity contribution in [2.75, 3.05) is 0 Å². The first kappa shape index (κ1) is 17.4. The lowest BCUT2D eigenvalue weighted by Crippen LogP contribution is -2.22. The Hall–Kier alpha value is -0.600. The Morgan fingerprint density at radius 2 is 1.11 bits per heavy atom. The fourth-order valence-corrected chi connectivity index (χ4v) is 2.34. The molecule has 0 aliphatic rings. The standard InChI is InChI=1S/C16H30O2/c1-5-9-15(17)13(7-3)11-12-14(8-4)16(18)10-6-2/h7-8,13-18H,3-6,9-12H2,1-2H3/t13-,14+,15+,16-. The lowest BCUT2D eigenvalue weighted by molar-refractivity contribution is 0.0916. The molecule has 0 radical (unpaired) electrons. The van der Waals surface area contributed by atoms with Gasteiger partial charge in [-0.1, -0.05) is 38.8 Å². The maximum Gasteiger partial charge on any atom is 0.0602 e. The third kappa shape index (κ3) is 6.36. The molecule has 4 atom stereocenters. The minimum Gasteiger partial charge on any atom is -0.393 e. The Morgan fingerprint density at radius 3 is 1.33 bits per heavy atom. The van der Waals surface area contributed by atoms with E-state index in [4.69, 9.17) is 0 Å². The summed E-state index contributed by atoms with van der Waals surface area (Å²) in [6, 6.07) is 0. The van der Waals surface area contributed by atoms with Crippen molar-refractivity contribution >= 4 is 0 Å². The summed E-state index contributed by atoms with van der Waals surface area (Å²) in [6.45, 7) is 11.7. The first-order valence-corrected chi connectivity index (χ1v) is 7.21. The normalized spacial score (nSPS) is 17.8. The number of aliphatic hydroxyl groups excluding tert-OH is 2. The SMILES string of the molecule is C=C[C@H](CC[C@H](C=C)[C@H](O)CCC)[C@@H](O)CCC. The Balaban J connectivity index is 4.23. The average molecular weight is 254 g/mol. The van der Waals surface area contributed by atoms with Gasteiger partial charge in [-0.25, -0.2) is 0 Å². The van der Waals surface area contributed by atoms with Crippen molar-refractivity contribution in [3.05, 3.63) is 25.3 Å². The Morgan fingerprint density at radius 1 is 0.778 bits per heavy atom. The van der Waals surface area contributed by atoms with Crippen LogP contribution in [0.25, 0.3) is 0 Å². The molecule has 0 bridgehead atoms. The summed E-state index contributed by atoms with van der Waals surface area (Å²) in [5.74, 6) is 0.252. The molecule has 0 spiro atoms. The van der Waals surface area contributed by atoms with Gasteiger partial charge in [-0.3, -0.25) is 0 Å². The predicted octanol–water partition coefficient (Wildman–Crippen LogP) is 3.69. The van der Waals surface area contributed by atoms with Gasteiger partial charge in [-0.05, 0) is 25.7 Å². The van der Waals surface area contributed by atoms with Gasteiger partial charge in [-0.2, -0.15) is 0 Å². The summed E-state index contributed by atoms with van der Waals surface area (Å²) < 4.78 is 0. The van der Waals surface area contributed by atoms with E-state index < -0.39 is 0 Å². The van der Waals surface area contributed by atoms with Crippen molar-refractivity contribution < 1.29 is 10.2 Å². The van der Waals surface area contributed by atoms with Gasteiger partial charge < -0.3 is 10.2 Å². The molecule has 0 aromatic rings. The summed E-state index contributed by atoms with van der Waals surface area (Å²) in [4.78, 5) is 0. The first-order valence-electron chi connectivity index (χ1n) is 7.21. The molecule has 0 saturated heterocycles. The molecular weight excluding hydrogens is 224 g/mol. The van der Waals surface area contributed by atoms with Crippen LogP contribution in [-0.4, -0.2) is 22.4 Å². The van der Waals surface area contributed by atoms with Crippen molar-refractivity contribution in [1.82, 2.24) is 0 Å². The van der Waals surface area contributed by atoms with E-state index >= 15 is 0 Å². The molecule has 106 valence electrons. The van der Waals surface area contributed by atoms with E-state index in [-0.39, 0.29) is 24.0 Å². The fraction of sp³-hybridized carbons (Fsp3) is 0.750. The molecule has 2 N–H and O–H groups in total. The van der Waals surface area contributed by atoms with E-state index in [1.807, 2.05) is 12.2 Å². The molecule has 0 amide bonds. The Kier molecular flexibility index (Phi) is 9.99. The van der Waals surface area contributed by atoms with Gasteiger partial charge in [0.2, 0.25) is 0 Å². The van der Waals surface area contributed by atoms with Crippen molar-refractivity contribution in [1.29, 1.82) is 0 Å². The van der Waals surface area contributed by atoms with E-state index in [0.29, 0.717) is 0 Å². The van der Waals surface area contributed by atoms with Crippen LogP contribution in [-0.2, 0) is 0 Å². The number of hydrogen-bond donors (Lipinski definition) is 2. The third-order valence-electron chi connectivity index (χ3n) is 3.60. The first-order chi connectivity index (χ1) is 8.60. The quantitative estimate of drug-likeness (QED) is 0.552. The van der Waals surface area contributed by atoms with E-state index in [1.54, 1.807) is 0 Å². The maximum absolute atomic E-state index is 9.98. The molecule has 2 heteroatoms. The summed E-state index contributed by atoms with van der Waals surface area (Å²) in [7, 11) is 0. The number of rotatable bonds is 11. The van der Waals surface area contributed by atoms with E-state index in [9.17, 15) is 10.2 Å². The van der Waals surface area contributed by atoms with E-state index in [1.165, 1.54) is 0 Å². The van der Waals surface area contributed by atoms with Crippen LogP contribution in [0.3, 0.4) is 0 Å². The molecule has 0 rings (SSSR count). The second-order valence-electron chi connectivity index (χ2n) is 5.09. The van der Waals surface area contributed by atoms with E-state index in [2.05, 4.69) is 27.0 Å². The van der Waals surface area contributed by atoms with Gasteiger partial charge in [0.25, 0.3) is 0 Å². The zero-order valence-corrected chi connectivity index (χ0v) is 12.0. The van der Waals surface area contributed by atoms with Crippen molar-refractivity contribution in [3.63, 3.8) is 0 Å². The highest BCUT2D eigenvalue weighted by molar-refractivity contribution is 4.89. The number of hydrogen-bond acceptors (Lipinski definition) is 2. The highest BCUT2D eigenvalue weighted by Gasteiger charge is 2.20. The van der Waals surface area contributed by atoms with Crippen molar-refractivity contribution in [2.45, 2.75) is 64.6 Å². The zero-order chi connectivity index (χ0) is 14.0. The molecule has 0 aliphatic heterocycles. The lowest BCUT2D eigenvalue weighted by Gasteiger charge is -2.23. The van der Waals surface area contributed by atoms with Gasteiger partial charge in [-0.15, -0.1) is 13.2 Å². The van der Waals surface area contributed by atoms with Gasteiger partial charge in [0, 0.05) is 11.8 Å². The van der Waals surface area contributed by atoms with Gasteiger partial charge >= 0.3 is 0 Å². The summed E-state index contributed by atoms with van der Waals surface area (Å²) >= 11 is 0. The topological polar surface area (TPSA) is 40.5 Å². The second-order valence-corrected chi connectivity index (χ2v) is 5.09. The minimum atomic E-state index is -0.304. The minimum absolute atomic E-state index is 0.126. The molecule has 0 aliphatic carbocycles. The monoisotopic (exact) mass is 254 g/mol. The maximum atomic E-state index is 9.98. The molecule has 2 nitrogen and oxygen atoms in total. The van der Waals surface area contributed by atoms with Crippen LogP contribution >= 0.6 is 0 Å². The number of aliphatic hydroxyl groups is 2. The smallest absolute Gasteiger partial charge is 0.0602 e. The molecule has 0 aromatic carbocycles. The average Bonchev–Trinajstić information content (AvgIpc) is 2.35. The third-order valence-corrected chi connectivity index (χ3v) is 3.60. The largest absolute Gasteiger partial charge is 0.393 e. The van der Waals surface area contributed by atoms with Crippen LogP contribution in [0.4, 0.5) is 0 Å². The molecule has 0 heterocycles. The molecule has 18 heavy (non-hydrogen) atoms.